The lowest BCUT2D eigenvalue weighted by Gasteiger charge is -2.31. The van der Waals surface area contributed by atoms with Crippen molar-refractivity contribution < 1.29 is 22.3 Å². The summed E-state index contributed by atoms with van der Waals surface area (Å²) in [5.74, 6) is -1.48. The van der Waals surface area contributed by atoms with E-state index >= 15 is 0 Å². The molecule has 0 saturated heterocycles. The summed E-state index contributed by atoms with van der Waals surface area (Å²) in [5, 5.41) is 0. The Balaban J connectivity index is 2.49. The van der Waals surface area contributed by atoms with Gasteiger partial charge in [-0.1, -0.05) is 0 Å². The van der Waals surface area contributed by atoms with Gasteiger partial charge in [-0.2, -0.15) is 13.2 Å². The highest BCUT2D eigenvalue weighted by Crippen LogP contribution is 2.50. The van der Waals surface area contributed by atoms with Gasteiger partial charge in [0.25, 0.3) is 5.56 Å². The van der Waals surface area contributed by atoms with Crippen molar-refractivity contribution in [1.29, 1.82) is 0 Å². The minimum Gasteiger partial charge on any atom is -0.359 e. The van der Waals surface area contributed by atoms with Crippen LogP contribution in [0.5, 0.6) is 0 Å². The summed E-state index contributed by atoms with van der Waals surface area (Å²) in [4.78, 5) is 25.0. The highest BCUT2D eigenvalue weighted by Gasteiger charge is 2.63. The van der Waals surface area contributed by atoms with E-state index in [2.05, 4.69) is 4.74 Å². The monoisotopic (exact) mass is 322 g/mol. The maximum atomic E-state index is 14.0. The number of rotatable bonds is 3. The number of hydrogen-bond acceptors (Lipinski definition) is 3. The van der Waals surface area contributed by atoms with Crippen LogP contribution in [0.4, 0.5) is 17.6 Å². The number of aromatic amines is 1. The Bertz CT molecular complexity index is 719. The summed E-state index contributed by atoms with van der Waals surface area (Å²) >= 11 is 0. The Morgan fingerprint density at radius 2 is 2.09 bits per heavy atom. The van der Waals surface area contributed by atoms with Crippen molar-refractivity contribution >= 4 is 0 Å². The molecule has 1 aliphatic carbocycles. The van der Waals surface area contributed by atoms with Crippen molar-refractivity contribution in [3.05, 3.63) is 44.5 Å². The molecule has 1 heterocycles. The molecular weight excluding hydrogens is 308 g/mol. The maximum absolute atomic E-state index is 14.0. The highest BCUT2D eigenvalue weighted by molar-refractivity contribution is 5.25. The first-order chi connectivity index (χ1) is 10.1. The molecule has 0 aliphatic heterocycles. The van der Waals surface area contributed by atoms with Crippen LogP contribution in [0.25, 0.3) is 0 Å². The Kier molecular flexibility index (Phi) is 4.03. The SMILES string of the molecule is CCO[C@@]1(C(F)(F)F)C[C@@H](n2cc(C)c(=O)[nH]c2=O)C=C1F. The predicted molar refractivity (Wildman–Crippen MR) is 69.3 cm³/mol. The average Bonchev–Trinajstić information content (AvgIpc) is 2.72. The third-order valence-electron chi connectivity index (χ3n) is 3.57. The lowest BCUT2D eigenvalue weighted by Crippen LogP contribution is -2.47. The van der Waals surface area contributed by atoms with Crippen LogP contribution in [0.3, 0.4) is 0 Å². The molecule has 0 unspecified atom stereocenters. The van der Waals surface area contributed by atoms with Gasteiger partial charge < -0.3 is 4.74 Å². The van der Waals surface area contributed by atoms with Gasteiger partial charge in [-0.3, -0.25) is 14.3 Å². The molecule has 0 spiro atoms. The average molecular weight is 322 g/mol. The van der Waals surface area contributed by atoms with Gasteiger partial charge in [0.05, 0.1) is 6.04 Å². The topological polar surface area (TPSA) is 64.1 Å². The number of nitrogens with one attached hydrogen (secondary N) is 1. The molecule has 2 rings (SSSR count). The zero-order valence-electron chi connectivity index (χ0n) is 11.8. The van der Waals surface area contributed by atoms with Crippen molar-refractivity contribution in [3.63, 3.8) is 0 Å². The molecule has 22 heavy (non-hydrogen) atoms. The molecule has 0 saturated carbocycles. The van der Waals surface area contributed by atoms with Crippen molar-refractivity contribution in [2.24, 2.45) is 0 Å². The molecule has 1 N–H and O–H groups in total. The van der Waals surface area contributed by atoms with Crippen LogP contribution in [-0.4, -0.2) is 27.9 Å². The summed E-state index contributed by atoms with van der Waals surface area (Å²) in [6.45, 7) is 2.38. The van der Waals surface area contributed by atoms with Gasteiger partial charge in [-0.15, -0.1) is 0 Å². The zero-order chi connectivity index (χ0) is 16.7. The van der Waals surface area contributed by atoms with Crippen LogP contribution in [-0.2, 0) is 4.74 Å². The van der Waals surface area contributed by atoms with E-state index in [-0.39, 0.29) is 12.2 Å². The Labute approximate surface area is 122 Å². The largest absolute Gasteiger partial charge is 0.424 e. The molecule has 1 aromatic heterocycles. The van der Waals surface area contributed by atoms with Crippen LogP contribution in [0.2, 0.25) is 0 Å². The highest BCUT2D eigenvalue weighted by atomic mass is 19.4. The molecule has 0 fully saturated rings. The van der Waals surface area contributed by atoms with E-state index < -0.39 is 41.3 Å². The number of halogens is 4. The van der Waals surface area contributed by atoms with Gasteiger partial charge in [0.15, 0.2) is 0 Å². The number of H-pyrrole nitrogens is 1. The van der Waals surface area contributed by atoms with Crippen molar-refractivity contribution in [2.75, 3.05) is 6.61 Å². The second kappa shape index (κ2) is 5.38. The van der Waals surface area contributed by atoms with E-state index in [4.69, 9.17) is 0 Å². The quantitative estimate of drug-likeness (QED) is 0.866. The molecule has 5 nitrogen and oxygen atoms in total. The maximum Gasteiger partial charge on any atom is 0.424 e. The summed E-state index contributed by atoms with van der Waals surface area (Å²) < 4.78 is 59.2. The van der Waals surface area contributed by atoms with Gasteiger partial charge in [0.1, 0.15) is 5.83 Å². The standard InChI is InChI=1S/C13H14F4N2O3/c1-3-22-12(13(15,16)17)5-8(4-9(12)14)19-6-7(2)10(20)18-11(19)21/h4,6,8H,3,5H2,1-2H3,(H,18,20,21)/t8-,12-/m0/s1. The van der Waals surface area contributed by atoms with Gasteiger partial charge in [0.2, 0.25) is 5.60 Å². The number of alkyl halides is 3. The summed E-state index contributed by atoms with van der Waals surface area (Å²) in [6.07, 6.45) is -3.96. The third kappa shape index (κ3) is 2.49. The molecule has 0 amide bonds. The van der Waals surface area contributed by atoms with E-state index in [1.165, 1.54) is 13.8 Å². The minimum absolute atomic E-state index is 0.134. The normalized spacial score (nSPS) is 25.4. The molecule has 1 aliphatic rings. The fourth-order valence-electron chi connectivity index (χ4n) is 2.47. The fourth-order valence-corrected chi connectivity index (χ4v) is 2.47. The molecule has 122 valence electrons. The number of ether oxygens (including phenoxy) is 1. The molecular formula is C13H14F4N2O3. The molecule has 0 bridgehead atoms. The zero-order valence-corrected chi connectivity index (χ0v) is 11.8. The van der Waals surface area contributed by atoms with E-state index in [1.807, 2.05) is 4.98 Å². The number of aromatic nitrogens is 2. The Morgan fingerprint density at radius 1 is 1.45 bits per heavy atom. The van der Waals surface area contributed by atoms with Crippen molar-refractivity contribution in [1.82, 2.24) is 9.55 Å². The van der Waals surface area contributed by atoms with Crippen LogP contribution in [0, 0.1) is 6.92 Å². The number of nitrogens with zero attached hydrogens (tertiary/aromatic N) is 1. The van der Waals surface area contributed by atoms with Crippen molar-refractivity contribution in [3.8, 4) is 0 Å². The first-order valence-electron chi connectivity index (χ1n) is 6.53. The Hall–Kier alpha value is -1.90. The summed E-state index contributed by atoms with van der Waals surface area (Å²) in [5.41, 5.74) is -4.47. The van der Waals surface area contributed by atoms with Crippen LogP contribution in [0.1, 0.15) is 24.9 Å². The van der Waals surface area contributed by atoms with Gasteiger partial charge in [-0.05, 0) is 19.9 Å². The first-order valence-corrected chi connectivity index (χ1v) is 6.53. The third-order valence-corrected chi connectivity index (χ3v) is 3.57. The van der Waals surface area contributed by atoms with Crippen LogP contribution in [0.15, 0.2) is 27.7 Å². The van der Waals surface area contributed by atoms with Crippen molar-refractivity contribution in [2.45, 2.75) is 38.1 Å². The minimum atomic E-state index is -4.96. The molecule has 0 radical (unpaired) electrons. The van der Waals surface area contributed by atoms with Crippen LogP contribution < -0.4 is 11.2 Å². The fraction of sp³-hybridized carbons (Fsp3) is 0.538. The van der Waals surface area contributed by atoms with E-state index in [0.29, 0.717) is 6.08 Å². The van der Waals surface area contributed by atoms with Gasteiger partial charge in [0, 0.05) is 24.8 Å². The lowest BCUT2D eigenvalue weighted by molar-refractivity contribution is -0.267. The van der Waals surface area contributed by atoms with E-state index in [0.717, 1.165) is 10.8 Å². The molecule has 1 aromatic rings. The Morgan fingerprint density at radius 3 is 2.64 bits per heavy atom. The molecule has 2 atom stereocenters. The number of hydrogen-bond donors (Lipinski definition) is 1. The summed E-state index contributed by atoms with van der Waals surface area (Å²) in [7, 11) is 0. The lowest BCUT2D eigenvalue weighted by atomic mass is 10.00. The van der Waals surface area contributed by atoms with Gasteiger partial charge in [-0.25, -0.2) is 9.18 Å². The van der Waals surface area contributed by atoms with Crippen LogP contribution >= 0.6 is 0 Å². The smallest absolute Gasteiger partial charge is 0.359 e. The summed E-state index contributed by atoms with van der Waals surface area (Å²) in [6, 6.07) is -1.20. The molecule has 9 heteroatoms. The van der Waals surface area contributed by atoms with E-state index in [9.17, 15) is 27.2 Å². The van der Waals surface area contributed by atoms with E-state index in [1.54, 1.807) is 0 Å². The first kappa shape index (κ1) is 16.5. The second-order valence-corrected chi connectivity index (χ2v) is 5.02. The number of allylic oxidation sites excluding steroid dienone is 1. The number of aryl methyl sites for hydroxylation is 1. The van der Waals surface area contributed by atoms with Gasteiger partial charge >= 0.3 is 11.9 Å². The molecule has 0 aromatic carbocycles. The second-order valence-electron chi connectivity index (χ2n) is 5.02. The predicted octanol–water partition coefficient (Wildman–Crippen LogP) is 1.98.